The summed E-state index contributed by atoms with van der Waals surface area (Å²) >= 11 is 0. The van der Waals surface area contributed by atoms with Crippen LogP contribution in [0.1, 0.15) is 81.2 Å². The Bertz CT molecular complexity index is 994. The summed E-state index contributed by atoms with van der Waals surface area (Å²) in [6.07, 6.45) is 0. The first-order valence-corrected chi connectivity index (χ1v) is 10.7. The molecule has 0 unspecified atom stereocenters. The smallest absolute Gasteiger partial charge is 0.213 e. The molecule has 1 aliphatic rings. The summed E-state index contributed by atoms with van der Waals surface area (Å²) in [6.45, 7) is 15.1. The summed E-state index contributed by atoms with van der Waals surface area (Å²) in [4.78, 5) is 19.4. The second-order valence-corrected chi connectivity index (χ2v) is 10.1. The van der Waals surface area contributed by atoms with Crippen molar-refractivity contribution in [1.82, 2.24) is 9.88 Å². The summed E-state index contributed by atoms with van der Waals surface area (Å²) in [5.74, 6) is 0.891. The van der Waals surface area contributed by atoms with Gasteiger partial charge in [0.05, 0.1) is 13.2 Å². The second kappa shape index (κ2) is 7.98. The van der Waals surface area contributed by atoms with Crippen molar-refractivity contribution in [3.8, 4) is 11.6 Å². The zero-order chi connectivity index (χ0) is 23.1. The third-order valence-electron chi connectivity index (χ3n) is 5.53. The van der Waals surface area contributed by atoms with Gasteiger partial charge in [0.15, 0.2) is 5.78 Å². The number of ether oxygens (including phenoxy) is 1. The Kier molecular flexibility index (Phi) is 5.87. The van der Waals surface area contributed by atoms with Gasteiger partial charge in [0, 0.05) is 34.9 Å². The summed E-state index contributed by atoms with van der Waals surface area (Å²) in [5.41, 5.74) is 2.93. The van der Waals surface area contributed by atoms with Gasteiger partial charge >= 0.3 is 0 Å². The molecule has 0 fully saturated rings. The van der Waals surface area contributed by atoms with E-state index in [1.165, 1.54) is 0 Å². The fourth-order valence-electron chi connectivity index (χ4n) is 3.80. The van der Waals surface area contributed by atoms with Crippen molar-refractivity contribution in [2.24, 2.45) is 0 Å². The molecule has 2 heterocycles. The number of phenolic OH excluding ortho intramolecular Hbond substituents is 1. The predicted octanol–water partition coefficient (Wildman–Crippen LogP) is 4.80. The van der Waals surface area contributed by atoms with Gasteiger partial charge in [-0.05, 0) is 36.0 Å². The van der Waals surface area contributed by atoms with Gasteiger partial charge in [0.2, 0.25) is 5.88 Å². The van der Waals surface area contributed by atoms with Gasteiger partial charge in [-0.2, -0.15) is 0 Å². The SMILES string of the molecule is CCOc1ccc2c(n1)C(=N)N(CC(=O)c1cc(C(C)(C)C)c(O)c(C(C)(C)C)c1)C2. The number of aromatic hydroxyl groups is 1. The topological polar surface area (TPSA) is 86.5 Å². The molecular weight excluding hydrogens is 390 g/mol. The third kappa shape index (κ3) is 4.58. The average Bonchev–Trinajstić information content (AvgIpc) is 2.95. The van der Waals surface area contributed by atoms with E-state index in [4.69, 9.17) is 10.1 Å². The first-order chi connectivity index (χ1) is 14.3. The van der Waals surface area contributed by atoms with E-state index in [1.54, 1.807) is 23.1 Å². The molecule has 2 aromatic rings. The maximum Gasteiger partial charge on any atom is 0.213 e. The number of ketones is 1. The molecule has 6 nitrogen and oxygen atoms in total. The lowest BCUT2D eigenvalue weighted by Gasteiger charge is -2.28. The highest BCUT2D eigenvalue weighted by molar-refractivity contribution is 6.04. The Balaban J connectivity index is 1.91. The Morgan fingerprint density at radius 2 is 1.71 bits per heavy atom. The Morgan fingerprint density at radius 1 is 1.13 bits per heavy atom. The maximum absolute atomic E-state index is 13.3. The number of nitrogens with one attached hydrogen (secondary N) is 1. The van der Waals surface area contributed by atoms with Crippen LogP contribution in [0.25, 0.3) is 0 Å². The van der Waals surface area contributed by atoms with Crippen LogP contribution in [0, 0.1) is 5.41 Å². The predicted molar refractivity (Wildman–Crippen MR) is 122 cm³/mol. The van der Waals surface area contributed by atoms with Gasteiger partial charge < -0.3 is 14.7 Å². The van der Waals surface area contributed by atoms with Crippen molar-refractivity contribution < 1.29 is 14.6 Å². The number of Topliss-reactive ketones (excluding diaryl/α,β-unsaturated/α-hetero) is 1. The number of pyridine rings is 1. The normalized spacial score (nSPS) is 14.0. The van der Waals surface area contributed by atoms with Crippen LogP contribution in [0.15, 0.2) is 24.3 Å². The highest BCUT2D eigenvalue weighted by Gasteiger charge is 2.31. The number of nitrogens with zero attached hydrogens (tertiary/aromatic N) is 2. The molecule has 1 aromatic heterocycles. The first-order valence-electron chi connectivity index (χ1n) is 10.7. The molecule has 0 saturated carbocycles. The van der Waals surface area contributed by atoms with E-state index in [0.717, 1.165) is 16.7 Å². The van der Waals surface area contributed by atoms with Crippen molar-refractivity contribution in [2.75, 3.05) is 13.2 Å². The van der Waals surface area contributed by atoms with E-state index in [1.807, 2.05) is 54.5 Å². The van der Waals surface area contributed by atoms with E-state index < -0.39 is 0 Å². The molecule has 0 spiro atoms. The monoisotopic (exact) mass is 423 g/mol. The van der Waals surface area contributed by atoms with E-state index in [9.17, 15) is 9.90 Å². The molecule has 3 rings (SSSR count). The third-order valence-corrected chi connectivity index (χ3v) is 5.53. The fraction of sp³-hybridized carbons (Fsp3) is 0.480. The Labute approximate surface area is 184 Å². The number of hydrogen-bond donors (Lipinski definition) is 2. The number of rotatable bonds is 5. The van der Waals surface area contributed by atoms with Crippen molar-refractivity contribution in [3.05, 3.63) is 52.2 Å². The number of phenols is 1. The van der Waals surface area contributed by atoms with Crippen LogP contribution in [-0.2, 0) is 17.4 Å². The lowest BCUT2D eigenvalue weighted by atomic mass is 9.78. The standard InChI is InChI=1S/C25H33N3O3/c1-8-31-20-10-9-15-13-28(23(26)21(15)27-20)14-19(29)16-11-17(24(2,3)4)22(30)18(12-16)25(5,6)7/h9-12,26,30H,8,13-14H2,1-7H3. The zero-order valence-corrected chi connectivity index (χ0v) is 19.6. The molecule has 31 heavy (non-hydrogen) atoms. The van der Waals surface area contributed by atoms with Crippen molar-refractivity contribution in [3.63, 3.8) is 0 Å². The Morgan fingerprint density at radius 3 is 2.23 bits per heavy atom. The number of amidine groups is 1. The minimum absolute atomic E-state index is 0.0805. The van der Waals surface area contributed by atoms with Crippen LogP contribution < -0.4 is 4.74 Å². The fourth-order valence-corrected chi connectivity index (χ4v) is 3.80. The number of hydrogen-bond acceptors (Lipinski definition) is 5. The molecule has 166 valence electrons. The summed E-state index contributed by atoms with van der Waals surface area (Å²) in [5, 5.41) is 19.4. The molecule has 0 radical (unpaired) electrons. The van der Waals surface area contributed by atoms with Crippen LogP contribution in [0.2, 0.25) is 0 Å². The number of carbonyl (C=O) groups is 1. The molecule has 0 bridgehead atoms. The lowest BCUT2D eigenvalue weighted by Crippen LogP contribution is -2.31. The van der Waals surface area contributed by atoms with Crippen LogP contribution >= 0.6 is 0 Å². The first kappa shape index (κ1) is 22.8. The van der Waals surface area contributed by atoms with Crippen molar-refractivity contribution in [2.45, 2.75) is 65.8 Å². The molecule has 1 aliphatic heterocycles. The summed E-state index contributed by atoms with van der Waals surface area (Å²) in [6, 6.07) is 7.30. The van der Waals surface area contributed by atoms with E-state index in [0.29, 0.717) is 30.3 Å². The largest absolute Gasteiger partial charge is 0.507 e. The average molecular weight is 424 g/mol. The van der Waals surface area contributed by atoms with Crippen molar-refractivity contribution >= 4 is 11.6 Å². The number of carbonyl (C=O) groups excluding carboxylic acids is 1. The molecule has 1 aromatic carbocycles. The maximum atomic E-state index is 13.3. The number of aromatic nitrogens is 1. The van der Waals surface area contributed by atoms with Gasteiger partial charge in [-0.25, -0.2) is 4.98 Å². The molecule has 2 N–H and O–H groups in total. The molecule has 0 aliphatic carbocycles. The quantitative estimate of drug-likeness (QED) is 0.674. The van der Waals surface area contributed by atoms with Crippen molar-refractivity contribution in [1.29, 1.82) is 5.41 Å². The Hall–Kier alpha value is -2.89. The van der Waals surface area contributed by atoms with Gasteiger partial charge in [0.1, 0.15) is 17.3 Å². The molecular formula is C25H33N3O3. The molecule has 0 amide bonds. The lowest BCUT2D eigenvalue weighted by molar-refractivity contribution is 0.0962. The van der Waals surface area contributed by atoms with E-state index >= 15 is 0 Å². The summed E-state index contributed by atoms with van der Waals surface area (Å²) in [7, 11) is 0. The molecule has 0 saturated heterocycles. The highest BCUT2D eigenvalue weighted by atomic mass is 16.5. The van der Waals surface area contributed by atoms with Crippen LogP contribution in [-0.4, -0.2) is 39.8 Å². The van der Waals surface area contributed by atoms with Gasteiger partial charge in [0.25, 0.3) is 0 Å². The molecule has 0 atom stereocenters. The number of benzene rings is 1. The van der Waals surface area contributed by atoms with Crippen LogP contribution in [0.4, 0.5) is 0 Å². The van der Waals surface area contributed by atoms with Gasteiger partial charge in [-0.1, -0.05) is 41.5 Å². The van der Waals surface area contributed by atoms with Crippen LogP contribution in [0.5, 0.6) is 11.6 Å². The molecule has 6 heteroatoms. The van der Waals surface area contributed by atoms with E-state index in [-0.39, 0.29) is 34.7 Å². The zero-order valence-electron chi connectivity index (χ0n) is 19.6. The summed E-state index contributed by atoms with van der Waals surface area (Å²) < 4.78 is 5.45. The van der Waals surface area contributed by atoms with E-state index in [2.05, 4.69) is 4.98 Å². The van der Waals surface area contributed by atoms with Gasteiger partial charge in [-0.15, -0.1) is 0 Å². The van der Waals surface area contributed by atoms with Gasteiger partial charge in [-0.3, -0.25) is 10.2 Å². The van der Waals surface area contributed by atoms with Crippen LogP contribution in [0.3, 0.4) is 0 Å². The number of fused-ring (bicyclic) bond motifs is 1. The minimum atomic E-state index is -0.309. The minimum Gasteiger partial charge on any atom is -0.507 e. The second-order valence-electron chi connectivity index (χ2n) is 10.1. The highest BCUT2D eigenvalue weighted by Crippen LogP contribution is 2.40.